The molecule has 108 valence electrons. The summed E-state index contributed by atoms with van der Waals surface area (Å²) in [6.07, 6.45) is 0. The van der Waals surface area contributed by atoms with Gasteiger partial charge < -0.3 is 0 Å². The lowest BCUT2D eigenvalue weighted by atomic mass is 9.85. The number of fused-ring (bicyclic) bond motifs is 1. The van der Waals surface area contributed by atoms with E-state index in [4.69, 9.17) is 11.6 Å². The highest BCUT2D eigenvalue weighted by molar-refractivity contribution is 6.17. The van der Waals surface area contributed by atoms with Crippen molar-refractivity contribution in [1.29, 1.82) is 0 Å². The maximum atomic E-state index is 6.14. The molecule has 0 spiro atoms. The lowest BCUT2D eigenvalue weighted by Gasteiger charge is -2.24. The van der Waals surface area contributed by atoms with Crippen molar-refractivity contribution in [1.82, 2.24) is 9.55 Å². The van der Waals surface area contributed by atoms with Crippen LogP contribution in [0.15, 0.2) is 48.5 Å². The van der Waals surface area contributed by atoms with Crippen LogP contribution in [-0.4, -0.2) is 9.55 Å². The van der Waals surface area contributed by atoms with Gasteiger partial charge in [-0.3, -0.25) is 4.57 Å². The first-order valence-electron chi connectivity index (χ1n) is 7.14. The molecule has 0 fully saturated rings. The average Bonchev–Trinajstić information content (AvgIpc) is 2.84. The first-order valence-corrected chi connectivity index (χ1v) is 7.68. The second-order valence-electron chi connectivity index (χ2n) is 6.25. The molecule has 0 unspecified atom stereocenters. The van der Waals surface area contributed by atoms with E-state index in [0.29, 0.717) is 5.88 Å². The third-order valence-corrected chi connectivity index (χ3v) is 3.94. The van der Waals surface area contributed by atoms with E-state index in [9.17, 15) is 0 Å². The molecule has 0 atom stereocenters. The predicted molar refractivity (Wildman–Crippen MR) is 89.3 cm³/mol. The minimum atomic E-state index is 0.0611. The second kappa shape index (κ2) is 5.19. The molecule has 1 heterocycles. The van der Waals surface area contributed by atoms with Crippen molar-refractivity contribution in [2.45, 2.75) is 32.1 Å². The number of benzene rings is 2. The van der Waals surface area contributed by atoms with Crippen molar-refractivity contribution in [3.05, 3.63) is 59.9 Å². The Morgan fingerprint density at radius 1 is 1.00 bits per heavy atom. The highest BCUT2D eigenvalue weighted by Crippen LogP contribution is 2.31. The number of aromatic nitrogens is 2. The summed E-state index contributed by atoms with van der Waals surface area (Å²) >= 11 is 6.14. The molecular weight excluding hydrogens is 280 g/mol. The van der Waals surface area contributed by atoms with Gasteiger partial charge in [-0.2, -0.15) is 0 Å². The van der Waals surface area contributed by atoms with Crippen molar-refractivity contribution >= 4 is 22.6 Å². The first-order chi connectivity index (χ1) is 10.0. The Kier molecular flexibility index (Phi) is 3.50. The maximum absolute atomic E-state index is 6.14. The molecule has 3 heteroatoms. The number of alkyl halides is 1. The number of rotatable bonds is 2. The fraction of sp³-hybridized carbons (Fsp3) is 0.278. The minimum Gasteiger partial charge on any atom is -0.295 e. The molecule has 1 aromatic heterocycles. The van der Waals surface area contributed by atoms with Crippen LogP contribution in [-0.2, 0) is 11.3 Å². The molecule has 0 bridgehead atoms. The normalized spacial score (nSPS) is 12.0. The SMILES string of the molecule is CC(C)(C)c1ccccc1-n1c(CCl)nc2ccccc21. The smallest absolute Gasteiger partial charge is 0.129 e. The van der Waals surface area contributed by atoms with E-state index in [-0.39, 0.29) is 5.41 Å². The van der Waals surface area contributed by atoms with Crippen molar-refractivity contribution in [2.24, 2.45) is 0 Å². The molecule has 0 N–H and O–H groups in total. The van der Waals surface area contributed by atoms with E-state index < -0.39 is 0 Å². The van der Waals surface area contributed by atoms with Gasteiger partial charge in [0.05, 0.1) is 22.6 Å². The molecule has 0 aliphatic heterocycles. The Balaban J connectivity index is 2.36. The van der Waals surface area contributed by atoms with Gasteiger partial charge in [0.1, 0.15) is 5.82 Å². The van der Waals surface area contributed by atoms with Crippen LogP contribution in [0.2, 0.25) is 0 Å². The summed E-state index contributed by atoms with van der Waals surface area (Å²) in [7, 11) is 0. The Hall–Kier alpha value is -1.80. The zero-order valence-corrected chi connectivity index (χ0v) is 13.4. The summed E-state index contributed by atoms with van der Waals surface area (Å²) in [5.41, 5.74) is 4.60. The summed E-state index contributed by atoms with van der Waals surface area (Å²) in [6, 6.07) is 16.7. The summed E-state index contributed by atoms with van der Waals surface area (Å²) in [5, 5.41) is 0. The Bertz CT molecular complexity index is 781. The van der Waals surface area contributed by atoms with Crippen molar-refractivity contribution in [3.63, 3.8) is 0 Å². The van der Waals surface area contributed by atoms with E-state index in [1.807, 2.05) is 18.2 Å². The average molecular weight is 299 g/mol. The van der Waals surface area contributed by atoms with Crippen LogP contribution in [0.3, 0.4) is 0 Å². The van der Waals surface area contributed by atoms with Crippen molar-refractivity contribution in [3.8, 4) is 5.69 Å². The number of hydrogen-bond acceptors (Lipinski definition) is 1. The molecule has 0 saturated carbocycles. The number of para-hydroxylation sites is 3. The Morgan fingerprint density at radius 2 is 1.67 bits per heavy atom. The highest BCUT2D eigenvalue weighted by atomic mass is 35.5. The quantitative estimate of drug-likeness (QED) is 0.605. The van der Waals surface area contributed by atoms with E-state index in [0.717, 1.165) is 22.5 Å². The largest absolute Gasteiger partial charge is 0.295 e. The first kappa shape index (κ1) is 14.2. The van der Waals surface area contributed by atoms with Crippen LogP contribution < -0.4 is 0 Å². The lowest BCUT2D eigenvalue weighted by molar-refractivity contribution is 0.586. The summed E-state index contributed by atoms with van der Waals surface area (Å²) < 4.78 is 2.18. The van der Waals surface area contributed by atoms with Crippen LogP contribution in [0.5, 0.6) is 0 Å². The van der Waals surface area contributed by atoms with Crippen molar-refractivity contribution < 1.29 is 0 Å². The van der Waals surface area contributed by atoms with Crippen molar-refractivity contribution in [2.75, 3.05) is 0 Å². The molecule has 21 heavy (non-hydrogen) atoms. The van der Waals surface area contributed by atoms with Gasteiger partial charge >= 0.3 is 0 Å². The van der Waals surface area contributed by atoms with Crippen LogP contribution >= 0.6 is 11.6 Å². The zero-order chi connectivity index (χ0) is 15.0. The molecule has 3 rings (SSSR count). The van der Waals surface area contributed by atoms with E-state index in [1.54, 1.807) is 0 Å². The van der Waals surface area contributed by atoms with Gasteiger partial charge in [0.25, 0.3) is 0 Å². The summed E-state index contributed by atoms with van der Waals surface area (Å²) in [4.78, 5) is 4.66. The molecule has 0 saturated heterocycles. The van der Waals surface area contributed by atoms with Crippen LogP contribution in [0.4, 0.5) is 0 Å². The Morgan fingerprint density at radius 3 is 2.38 bits per heavy atom. The van der Waals surface area contributed by atoms with Gasteiger partial charge in [-0.1, -0.05) is 51.1 Å². The monoisotopic (exact) mass is 298 g/mol. The van der Waals surface area contributed by atoms with Gasteiger partial charge in [0.15, 0.2) is 0 Å². The molecule has 2 nitrogen and oxygen atoms in total. The number of halogens is 1. The van der Waals surface area contributed by atoms with Gasteiger partial charge in [-0.25, -0.2) is 4.98 Å². The third-order valence-electron chi connectivity index (χ3n) is 3.70. The number of imidazole rings is 1. The summed E-state index contributed by atoms with van der Waals surface area (Å²) in [6.45, 7) is 6.68. The van der Waals surface area contributed by atoms with Gasteiger partial charge in [-0.15, -0.1) is 11.6 Å². The molecule has 0 radical (unpaired) electrons. The number of hydrogen-bond donors (Lipinski definition) is 0. The van der Waals surface area contributed by atoms with E-state index in [1.165, 1.54) is 5.56 Å². The number of nitrogens with zero attached hydrogens (tertiary/aromatic N) is 2. The van der Waals surface area contributed by atoms with Gasteiger partial charge in [0, 0.05) is 0 Å². The molecule has 2 aromatic carbocycles. The predicted octanol–water partition coefficient (Wildman–Crippen LogP) is 5.06. The van der Waals surface area contributed by atoms with Crippen LogP contribution in [0, 0.1) is 0 Å². The molecule has 0 amide bonds. The molecule has 3 aromatic rings. The summed E-state index contributed by atoms with van der Waals surface area (Å²) in [5.74, 6) is 1.28. The van der Waals surface area contributed by atoms with Gasteiger partial charge in [-0.05, 0) is 29.2 Å². The van der Waals surface area contributed by atoms with Crippen LogP contribution in [0.1, 0.15) is 32.2 Å². The highest BCUT2D eigenvalue weighted by Gasteiger charge is 2.21. The second-order valence-corrected chi connectivity index (χ2v) is 6.52. The van der Waals surface area contributed by atoms with E-state index in [2.05, 4.69) is 60.7 Å². The Labute approximate surface area is 130 Å². The topological polar surface area (TPSA) is 17.8 Å². The third kappa shape index (κ3) is 2.44. The zero-order valence-electron chi connectivity index (χ0n) is 12.6. The minimum absolute atomic E-state index is 0.0611. The lowest BCUT2D eigenvalue weighted by Crippen LogP contribution is -2.15. The van der Waals surface area contributed by atoms with Crippen LogP contribution in [0.25, 0.3) is 16.7 Å². The van der Waals surface area contributed by atoms with Gasteiger partial charge in [0.2, 0.25) is 0 Å². The fourth-order valence-electron chi connectivity index (χ4n) is 2.74. The molecular formula is C18H19ClN2. The maximum Gasteiger partial charge on any atom is 0.129 e. The fourth-order valence-corrected chi connectivity index (χ4v) is 2.92. The molecule has 0 aliphatic rings. The van der Waals surface area contributed by atoms with E-state index >= 15 is 0 Å². The standard InChI is InChI=1S/C18H19ClN2/c1-18(2,3)13-8-4-6-10-15(13)21-16-11-7-5-9-14(16)20-17(21)12-19/h4-11H,12H2,1-3H3. The molecule has 0 aliphatic carbocycles.